The van der Waals surface area contributed by atoms with E-state index in [1.54, 1.807) is 7.11 Å². The molecule has 0 heterocycles. The van der Waals surface area contributed by atoms with E-state index < -0.39 is 0 Å². The summed E-state index contributed by atoms with van der Waals surface area (Å²) in [6.07, 6.45) is -0.261. The van der Waals surface area contributed by atoms with Crippen LogP contribution in [0.25, 0.3) is 0 Å². The average Bonchev–Trinajstić information content (AvgIpc) is 2.03. The highest BCUT2D eigenvalue weighted by Crippen LogP contribution is 1.93. The summed E-state index contributed by atoms with van der Waals surface area (Å²) in [6.45, 7) is 3.52. The van der Waals surface area contributed by atoms with Gasteiger partial charge in [-0.25, -0.2) is 0 Å². The summed E-state index contributed by atoms with van der Waals surface area (Å²) in [5.74, 6) is 0.503. The number of halogens is 1. The van der Waals surface area contributed by atoms with Gasteiger partial charge >= 0.3 is 0 Å². The average molecular weight is 183 g/mol. The Morgan fingerprint density at radius 2 is 2.18 bits per heavy atom. The lowest BCUT2D eigenvalue weighted by Gasteiger charge is -2.14. The topological polar surface area (TPSA) is 27.7 Å². The Labute approximate surface area is 72.6 Å². The zero-order valence-corrected chi connectivity index (χ0v) is 7.76. The molecule has 0 rings (SSSR count). The molecule has 0 aliphatic heterocycles. The third-order valence-electron chi connectivity index (χ3n) is 1.09. The molecule has 0 spiro atoms. The monoisotopic (exact) mass is 182 g/mol. The van der Waals surface area contributed by atoms with Gasteiger partial charge in [0.15, 0.2) is 6.29 Å². The molecule has 11 heavy (non-hydrogen) atoms. The first-order valence-electron chi connectivity index (χ1n) is 3.63. The van der Waals surface area contributed by atoms with Gasteiger partial charge in [0.05, 0.1) is 13.2 Å². The van der Waals surface area contributed by atoms with E-state index in [0.717, 1.165) is 0 Å². The van der Waals surface area contributed by atoms with Gasteiger partial charge in [-0.3, -0.25) is 0 Å². The van der Waals surface area contributed by atoms with Gasteiger partial charge in [0.2, 0.25) is 0 Å². The molecular formula is C7H15ClO3. The van der Waals surface area contributed by atoms with E-state index in [9.17, 15) is 0 Å². The summed E-state index contributed by atoms with van der Waals surface area (Å²) in [4.78, 5) is 0. The van der Waals surface area contributed by atoms with Crippen molar-refractivity contribution in [1.82, 2.24) is 0 Å². The Kier molecular flexibility index (Phi) is 8.40. The number of hydrogen-bond donors (Lipinski definition) is 0. The van der Waals surface area contributed by atoms with E-state index >= 15 is 0 Å². The van der Waals surface area contributed by atoms with Crippen LogP contribution in [-0.4, -0.2) is 39.1 Å². The molecule has 0 N–H and O–H groups in total. The normalized spacial score (nSPS) is 13.4. The van der Waals surface area contributed by atoms with Crippen molar-refractivity contribution in [3.63, 3.8) is 0 Å². The predicted molar refractivity (Wildman–Crippen MR) is 44.0 cm³/mol. The maximum atomic E-state index is 5.40. The van der Waals surface area contributed by atoms with Gasteiger partial charge in [0.1, 0.15) is 0 Å². The van der Waals surface area contributed by atoms with Crippen LogP contribution in [0.5, 0.6) is 0 Å². The van der Waals surface area contributed by atoms with Crippen molar-refractivity contribution in [1.29, 1.82) is 0 Å². The zero-order chi connectivity index (χ0) is 8.53. The number of rotatable bonds is 7. The first-order valence-corrected chi connectivity index (χ1v) is 4.16. The third kappa shape index (κ3) is 6.56. The minimum Gasteiger partial charge on any atom is -0.375 e. The smallest absolute Gasteiger partial charge is 0.180 e. The van der Waals surface area contributed by atoms with E-state index in [2.05, 4.69) is 0 Å². The Bertz CT molecular complexity index is 80.1. The van der Waals surface area contributed by atoms with E-state index in [1.165, 1.54) is 0 Å². The van der Waals surface area contributed by atoms with Gasteiger partial charge in [-0.05, 0) is 6.92 Å². The van der Waals surface area contributed by atoms with Crippen LogP contribution >= 0.6 is 11.6 Å². The molecule has 0 amide bonds. The van der Waals surface area contributed by atoms with Crippen molar-refractivity contribution in [2.24, 2.45) is 0 Å². The lowest BCUT2D eigenvalue weighted by molar-refractivity contribution is -0.153. The molecule has 0 aromatic carbocycles. The van der Waals surface area contributed by atoms with Crippen molar-refractivity contribution >= 4 is 11.6 Å². The summed E-state index contributed by atoms with van der Waals surface area (Å²) in [7, 11) is 1.59. The highest BCUT2D eigenvalue weighted by Gasteiger charge is 2.04. The van der Waals surface area contributed by atoms with E-state index in [-0.39, 0.29) is 6.29 Å². The van der Waals surface area contributed by atoms with Crippen molar-refractivity contribution < 1.29 is 14.2 Å². The van der Waals surface area contributed by atoms with Crippen molar-refractivity contribution in [3.8, 4) is 0 Å². The van der Waals surface area contributed by atoms with Crippen LogP contribution in [0.3, 0.4) is 0 Å². The van der Waals surface area contributed by atoms with Gasteiger partial charge in [-0.1, -0.05) is 0 Å². The maximum absolute atomic E-state index is 5.40. The summed E-state index contributed by atoms with van der Waals surface area (Å²) in [5, 5.41) is 0. The molecular weight excluding hydrogens is 168 g/mol. The molecule has 68 valence electrons. The molecule has 0 bridgehead atoms. The second-order valence-electron chi connectivity index (χ2n) is 1.88. The van der Waals surface area contributed by atoms with Gasteiger partial charge < -0.3 is 14.2 Å². The standard InChI is InChI=1S/C7H15ClO3/c1-3-11-7(9-2)6-10-5-4-8/h7H,3-6H2,1-2H3. The molecule has 0 aliphatic rings. The molecule has 4 heteroatoms. The molecule has 0 aromatic heterocycles. The van der Waals surface area contributed by atoms with Crippen LogP contribution in [0.15, 0.2) is 0 Å². The highest BCUT2D eigenvalue weighted by atomic mass is 35.5. The number of alkyl halides is 1. The number of methoxy groups -OCH3 is 1. The molecule has 0 aliphatic carbocycles. The summed E-state index contributed by atoms with van der Waals surface area (Å²) in [5.41, 5.74) is 0. The Hall–Kier alpha value is 0.170. The van der Waals surface area contributed by atoms with Crippen molar-refractivity contribution in [2.75, 3.05) is 32.8 Å². The predicted octanol–water partition coefficient (Wildman–Crippen LogP) is 1.25. The molecule has 0 fully saturated rings. The molecule has 3 nitrogen and oxygen atoms in total. The first kappa shape index (κ1) is 11.2. The lowest BCUT2D eigenvalue weighted by Crippen LogP contribution is -2.22. The van der Waals surface area contributed by atoms with Gasteiger partial charge in [-0.2, -0.15) is 0 Å². The van der Waals surface area contributed by atoms with Gasteiger partial charge in [-0.15, -0.1) is 11.6 Å². The van der Waals surface area contributed by atoms with Crippen molar-refractivity contribution in [3.05, 3.63) is 0 Å². The fourth-order valence-electron chi connectivity index (χ4n) is 0.604. The second kappa shape index (κ2) is 8.27. The van der Waals surface area contributed by atoms with Crippen LogP contribution in [0.4, 0.5) is 0 Å². The summed E-state index contributed by atoms with van der Waals surface area (Å²) >= 11 is 5.40. The number of ether oxygens (including phenoxy) is 3. The minimum atomic E-state index is -0.261. The Balaban J connectivity index is 3.20. The van der Waals surface area contributed by atoms with Crippen LogP contribution in [0.2, 0.25) is 0 Å². The summed E-state index contributed by atoms with van der Waals surface area (Å²) in [6, 6.07) is 0. The summed E-state index contributed by atoms with van der Waals surface area (Å²) < 4.78 is 15.2. The van der Waals surface area contributed by atoms with E-state index in [0.29, 0.717) is 25.7 Å². The minimum absolute atomic E-state index is 0.261. The fourth-order valence-corrected chi connectivity index (χ4v) is 0.713. The zero-order valence-electron chi connectivity index (χ0n) is 7.01. The van der Waals surface area contributed by atoms with Gasteiger partial charge in [0, 0.05) is 19.6 Å². The SMILES string of the molecule is CCOC(COCCCl)OC. The Morgan fingerprint density at radius 3 is 2.64 bits per heavy atom. The van der Waals surface area contributed by atoms with E-state index in [1.807, 2.05) is 6.92 Å². The van der Waals surface area contributed by atoms with Crippen LogP contribution in [0.1, 0.15) is 6.92 Å². The molecule has 0 saturated carbocycles. The molecule has 1 unspecified atom stereocenters. The molecule has 0 radical (unpaired) electrons. The fraction of sp³-hybridized carbons (Fsp3) is 1.00. The van der Waals surface area contributed by atoms with Crippen LogP contribution in [-0.2, 0) is 14.2 Å². The largest absolute Gasteiger partial charge is 0.375 e. The Morgan fingerprint density at radius 1 is 1.45 bits per heavy atom. The molecule has 0 aromatic rings. The first-order chi connectivity index (χ1) is 5.35. The lowest BCUT2D eigenvalue weighted by atomic mass is 10.6. The van der Waals surface area contributed by atoms with E-state index in [4.69, 9.17) is 25.8 Å². The van der Waals surface area contributed by atoms with Crippen LogP contribution < -0.4 is 0 Å². The van der Waals surface area contributed by atoms with Crippen molar-refractivity contribution in [2.45, 2.75) is 13.2 Å². The highest BCUT2D eigenvalue weighted by molar-refractivity contribution is 6.17. The molecule has 0 saturated heterocycles. The second-order valence-corrected chi connectivity index (χ2v) is 2.26. The van der Waals surface area contributed by atoms with Gasteiger partial charge in [0.25, 0.3) is 0 Å². The van der Waals surface area contributed by atoms with Crippen LogP contribution in [0, 0.1) is 0 Å². The maximum Gasteiger partial charge on any atom is 0.180 e. The third-order valence-corrected chi connectivity index (χ3v) is 1.25. The number of hydrogen-bond acceptors (Lipinski definition) is 3. The molecule has 1 atom stereocenters. The quantitative estimate of drug-likeness (QED) is 0.337.